The SMILES string of the molecule is CN(C)[C@@H]1CCCN(C(=O)OCc2ccccc2)C1. The lowest BCUT2D eigenvalue weighted by molar-refractivity contribution is 0.0714. The molecule has 1 amide bonds. The van der Waals surface area contributed by atoms with Crippen LogP contribution >= 0.6 is 0 Å². The van der Waals surface area contributed by atoms with Crippen molar-refractivity contribution in [2.24, 2.45) is 0 Å². The number of hydrogen-bond acceptors (Lipinski definition) is 3. The van der Waals surface area contributed by atoms with E-state index in [9.17, 15) is 4.79 Å². The molecule has 0 spiro atoms. The number of piperidine rings is 1. The lowest BCUT2D eigenvalue weighted by atomic mass is 10.1. The zero-order valence-electron chi connectivity index (χ0n) is 11.7. The number of carbonyl (C=O) groups is 1. The van der Waals surface area contributed by atoms with Gasteiger partial charge in [0.25, 0.3) is 0 Å². The topological polar surface area (TPSA) is 32.8 Å². The summed E-state index contributed by atoms with van der Waals surface area (Å²) in [6, 6.07) is 10.2. The molecule has 1 atom stereocenters. The molecule has 1 heterocycles. The number of benzene rings is 1. The average molecular weight is 262 g/mol. The van der Waals surface area contributed by atoms with Gasteiger partial charge in [-0.25, -0.2) is 4.79 Å². The molecule has 1 fully saturated rings. The normalized spacial score (nSPS) is 19.5. The Morgan fingerprint density at radius 1 is 1.37 bits per heavy atom. The third-order valence-electron chi connectivity index (χ3n) is 3.59. The zero-order valence-corrected chi connectivity index (χ0v) is 11.7. The van der Waals surface area contributed by atoms with E-state index in [-0.39, 0.29) is 6.09 Å². The standard InChI is InChI=1S/C15H22N2O2/c1-16(2)14-9-6-10-17(11-14)15(18)19-12-13-7-4-3-5-8-13/h3-5,7-8,14H,6,9-12H2,1-2H3/t14-/m1/s1. The van der Waals surface area contributed by atoms with Crippen LogP contribution in [0, 0.1) is 0 Å². The maximum atomic E-state index is 12.0. The van der Waals surface area contributed by atoms with Crippen LogP contribution in [0.25, 0.3) is 0 Å². The second-order valence-corrected chi connectivity index (χ2v) is 5.25. The summed E-state index contributed by atoms with van der Waals surface area (Å²) in [4.78, 5) is 16.0. The van der Waals surface area contributed by atoms with Gasteiger partial charge in [0, 0.05) is 19.1 Å². The van der Waals surface area contributed by atoms with Crippen LogP contribution in [-0.2, 0) is 11.3 Å². The summed E-state index contributed by atoms with van der Waals surface area (Å²) in [5, 5.41) is 0. The lowest BCUT2D eigenvalue weighted by Crippen LogP contribution is -2.47. The van der Waals surface area contributed by atoms with Gasteiger partial charge in [0.15, 0.2) is 0 Å². The maximum absolute atomic E-state index is 12.0. The van der Waals surface area contributed by atoms with Crippen molar-refractivity contribution in [2.45, 2.75) is 25.5 Å². The Morgan fingerprint density at radius 3 is 2.79 bits per heavy atom. The fraction of sp³-hybridized carbons (Fsp3) is 0.533. The van der Waals surface area contributed by atoms with Crippen LogP contribution in [-0.4, -0.2) is 49.1 Å². The average Bonchev–Trinajstić information content (AvgIpc) is 2.46. The smallest absolute Gasteiger partial charge is 0.410 e. The van der Waals surface area contributed by atoms with Crippen LogP contribution in [0.3, 0.4) is 0 Å². The minimum absolute atomic E-state index is 0.199. The van der Waals surface area contributed by atoms with Crippen molar-refractivity contribution < 1.29 is 9.53 Å². The number of likely N-dealkylation sites (N-methyl/N-ethyl adjacent to an activating group) is 1. The van der Waals surface area contributed by atoms with Gasteiger partial charge in [-0.15, -0.1) is 0 Å². The fourth-order valence-electron chi connectivity index (χ4n) is 2.35. The molecule has 4 nitrogen and oxygen atoms in total. The highest BCUT2D eigenvalue weighted by Gasteiger charge is 2.25. The Labute approximate surface area is 115 Å². The van der Waals surface area contributed by atoms with Gasteiger partial charge in [-0.05, 0) is 32.5 Å². The zero-order chi connectivity index (χ0) is 13.7. The first-order valence-corrected chi connectivity index (χ1v) is 6.79. The van der Waals surface area contributed by atoms with E-state index in [4.69, 9.17) is 4.74 Å². The molecule has 2 rings (SSSR count). The van der Waals surface area contributed by atoms with Gasteiger partial charge >= 0.3 is 6.09 Å². The fourth-order valence-corrected chi connectivity index (χ4v) is 2.35. The molecular weight excluding hydrogens is 240 g/mol. The molecule has 1 aliphatic rings. The molecule has 0 unspecified atom stereocenters. The highest BCUT2D eigenvalue weighted by Crippen LogP contribution is 2.15. The molecule has 19 heavy (non-hydrogen) atoms. The number of nitrogens with zero attached hydrogens (tertiary/aromatic N) is 2. The Morgan fingerprint density at radius 2 is 2.11 bits per heavy atom. The lowest BCUT2D eigenvalue weighted by Gasteiger charge is -2.35. The molecule has 0 aromatic heterocycles. The van der Waals surface area contributed by atoms with Gasteiger partial charge in [-0.1, -0.05) is 30.3 Å². The Balaban J connectivity index is 1.83. The third-order valence-corrected chi connectivity index (χ3v) is 3.59. The quantitative estimate of drug-likeness (QED) is 0.838. The molecule has 1 aromatic rings. The Bertz CT molecular complexity index is 406. The van der Waals surface area contributed by atoms with Crippen molar-refractivity contribution in [1.29, 1.82) is 0 Å². The second kappa shape index (κ2) is 6.57. The van der Waals surface area contributed by atoms with Crippen LogP contribution in [0.2, 0.25) is 0 Å². The highest BCUT2D eigenvalue weighted by atomic mass is 16.6. The predicted octanol–water partition coefficient (Wildman–Crippen LogP) is 2.35. The number of hydrogen-bond donors (Lipinski definition) is 0. The molecule has 0 saturated carbocycles. The number of ether oxygens (including phenoxy) is 1. The molecule has 1 aliphatic heterocycles. The van der Waals surface area contributed by atoms with Crippen LogP contribution in [0.15, 0.2) is 30.3 Å². The van der Waals surface area contributed by atoms with E-state index >= 15 is 0 Å². The molecule has 104 valence electrons. The maximum Gasteiger partial charge on any atom is 0.410 e. The van der Waals surface area contributed by atoms with Gasteiger partial charge in [0.2, 0.25) is 0 Å². The van der Waals surface area contributed by atoms with E-state index in [0.29, 0.717) is 12.6 Å². The summed E-state index contributed by atoms with van der Waals surface area (Å²) in [5.74, 6) is 0. The largest absolute Gasteiger partial charge is 0.445 e. The van der Waals surface area contributed by atoms with Crippen molar-refractivity contribution in [2.75, 3.05) is 27.2 Å². The van der Waals surface area contributed by atoms with E-state index < -0.39 is 0 Å². The monoisotopic (exact) mass is 262 g/mol. The molecule has 1 aromatic carbocycles. The molecular formula is C15H22N2O2. The van der Waals surface area contributed by atoms with Gasteiger partial charge < -0.3 is 14.5 Å². The van der Waals surface area contributed by atoms with Gasteiger partial charge in [0.1, 0.15) is 6.61 Å². The number of rotatable bonds is 3. The van der Waals surface area contributed by atoms with Crippen molar-refractivity contribution >= 4 is 6.09 Å². The summed E-state index contributed by atoms with van der Waals surface area (Å²) >= 11 is 0. The van der Waals surface area contributed by atoms with Crippen molar-refractivity contribution in [3.05, 3.63) is 35.9 Å². The van der Waals surface area contributed by atoms with Crippen LogP contribution in [0.1, 0.15) is 18.4 Å². The molecule has 0 radical (unpaired) electrons. The second-order valence-electron chi connectivity index (χ2n) is 5.25. The first-order valence-electron chi connectivity index (χ1n) is 6.79. The summed E-state index contributed by atoms with van der Waals surface area (Å²) in [6.07, 6.45) is 1.99. The first kappa shape index (κ1) is 13.9. The number of carbonyl (C=O) groups excluding carboxylic acids is 1. The van der Waals surface area contributed by atoms with Crippen molar-refractivity contribution in [1.82, 2.24) is 9.80 Å². The molecule has 4 heteroatoms. The molecule has 1 saturated heterocycles. The Kier molecular flexibility index (Phi) is 4.80. The third kappa shape index (κ3) is 3.96. The summed E-state index contributed by atoms with van der Waals surface area (Å²) in [6.45, 7) is 1.92. The molecule has 0 bridgehead atoms. The van der Waals surface area contributed by atoms with E-state index in [1.807, 2.05) is 35.2 Å². The van der Waals surface area contributed by atoms with E-state index in [1.165, 1.54) is 0 Å². The number of amides is 1. The molecule has 0 N–H and O–H groups in total. The predicted molar refractivity (Wildman–Crippen MR) is 74.9 cm³/mol. The summed E-state index contributed by atoms with van der Waals surface area (Å²) in [7, 11) is 4.12. The molecule has 0 aliphatic carbocycles. The van der Waals surface area contributed by atoms with Crippen molar-refractivity contribution in [3.63, 3.8) is 0 Å². The Hall–Kier alpha value is -1.55. The minimum atomic E-state index is -0.199. The van der Waals surface area contributed by atoms with Gasteiger partial charge in [-0.3, -0.25) is 0 Å². The van der Waals surface area contributed by atoms with Gasteiger partial charge in [0.05, 0.1) is 0 Å². The van der Waals surface area contributed by atoms with Crippen LogP contribution in [0.5, 0.6) is 0 Å². The van der Waals surface area contributed by atoms with E-state index in [0.717, 1.165) is 31.5 Å². The van der Waals surface area contributed by atoms with Crippen LogP contribution in [0.4, 0.5) is 4.79 Å². The van der Waals surface area contributed by atoms with Gasteiger partial charge in [-0.2, -0.15) is 0 Å². The van der Waals surface area contributed by atoms with E-state index in [2.05, 4.69) is 19.0 Å². The van der Waals surface area contributed by atoms with Crippen molar-refractivity contribution in [3.8, 4) is 0 Å². The minimum Gasteiger partial charge on any atom is -0.445 e. The summed E-state index contributed by atoms with van der Waals surface area (Å²) < 4.78 is 5.36. The highest BCUT2D eigenvalue weighted by molar-refractivity contribution is 5.67. The number of likely N-dealkylation sites (tertiary alicyclic amines) is 1. The summed E-state index contributed by atoms with van der Waals surface area (Å²) in [5.41, 5.74) is 1.03. The van der Waals surface area contributed by atoms with Crippen LogP contribution < -0.4 is 0 Å². The van der Waals surface area contributed by atoms with E-state index in [1.54, 1.807) is 0 Å². The first-order chi connectivity index (χ1) is 9.16.